The molecule has 1 aromatic heterocycles. The van der Waals surface area contributed by atoms with E-state index in [1.807, 2.05) is 0 Å². The number of benzene rings is 1. The van der Waals surface area contributed by atoms with Crippen LogP contribution in [0.1, 0.15) is 41.5 Å². The second kappa shape index (κ2) is 4.62. The van der Waals surface area contributed by atoms with Gasteiger partial charge in [-0.3, -0.25) is 4.79 Å². The minimum atomic E-state index is -0.794. The molecule has 3 rings (SSSR count). The molecule has 5 nitrogen and oxygen atoms in total. The molecular weight excluding hydrogens is 247 g/mol. The Morgan fingerprint density at radius 3 is 2.95 bits per heavy atom. The predicted octanol–water partition coefficient (Wildman–Crippen LogP) is 1.62. The fraction of sp³-hybridized carbons (Fsp3) is 0.385. The van der Waals surface area contributed by atoms with Gasteiger partial charge in [0.1, 0.15) is 22.7 Å². The molecule has 1 unspecified atom stereocenters. The van der Waals surface area contributed by atoms with Gasteiger partial charge in [-0.15, -0.1) is 0 Å². The number of nitrogens with two attached hydrogens (primary N) is 1. The Labute approximate surface area is 109 Å². The third-order valence-electron chi connectivity index (χ3n) is 3.51. The summed E-state index contributed by atoms with van der Waals surface area (Å²) < 4.78 is 13.7. The number of amides is 1. The number of rotatable bonds is 2. The van der Waals surface area contributed by atoms with Crippen LogP contribution in [0.2, 0.25) is 0 Å². The Morgan fingerprint density at radius 1 is 1.42 bits per heavy atom. The molecule has 0 aliphatic carbocycles. The molecule has 1 aliphatic rings. The summed E-state index contributed by atoms with van der Waals surface area (Å²) in [6.07, 6.45) is 3.26. The first-order chi connectivity index (χ1) is 9.16. The maximum atomic E-state index is 13.7. The normalized spacial score (nSPS) is 19.7. The minimum Gasteiger partial charge on any atom is -0.365 e. The van der Waals surface area contributed by atoms with Crippen molar-refractivity contribution in [3.63, 3.8) is 0 Å². The van der Waals surface area contributed by atoms with Crippen molar-refractivity contribution in [1.29, 1.82) is 0 Å². The predicted molar refractivity (Wildman–Crippen MR) is 69.2 cm³/mol. The number of halogens is 1. The van der Waals surface area contributed by atoms with Crippen molar-refractivity contribution in [3.05, 3.63) is 29.3 Å². The molecule has 0 radical (unpaired) electrons. The first-order valence-corrected chi connectivity index (χ1v) is 6.38. The molecule has 6 heteroatoms. The molecule has 1 aromatic carbocycles. The second-order valence-electron chi connectivity index (χ2n) is 4.81. The number of nitrogens with zero attached hydrogens (tertiary/aromatic N) is 1. The van der Waals surface area contributed by atoms with Crippen molar-refractivity contribution in [3.8, 4) is 0 Å². The van der Waals surface area contributed by atoms with Crippen LogP contribution in [0.25, 0.3) is 11.0 Å². The average Bonchev–Trinajstić information content (AvgIpc) is 2.83. The molecule has 2 aromatic rings. The van der Waals surface area contributed by atoms with Gasteiger partial charge >= 0.3 is 0 Å². The summed E-state index contributed by atoms with van der Waals surface area (Å²) in [5, 5.41) is 3.36. The molecule has 1 aliphatic heterocycles. The summed E-state index contributed by atoms with van der Waals surface area (Å²) in [6.45, 7) is 0.943. The zero-order chi connectivity index (χ0) is 13.4. The molecule has 1 saturated heterocycles. The average molecular weight is 262 g/mol. The highest BCUT2D eigenvalue weighted by molar-refractivity contribution is 6.04. The van der Waals surface area contributed by atoms with Crippen molar-refractivity contribution in [1.82, 2.24) is 15.3 Å². The molecule has 1 fully saturated rings. The van der Waals surface area contributed by atoms with E-state index in [1.165, 1.54) is 6.07 Å². The van der Waals surface area contributed by atoms with Crippen LogP contribution < -0.4 is 11.1 Å². The van der Waals surface area contributed by atoms with E-state index in [0.717, 1.165) is 31.6 Å². The summed E-state index contributed by atoms with van der Waals surface area (Å²) in [6, 6.07) is 2.94. The van der Waals surface area contributed by atoms with Gasteiger partial charge in [-0.05, 0) is 31.5 Å². The molecule has 2 heterocycles. The Balaban J connectivity index is 2.09. The van der Waals surface area contributed by atoms with Gasteiger partial charge in [0, 0.05) is 0 Å². The number of aromatic nitrogens is 2. The van der Waals surface area contributed by atoms with Gasteiger partial charge in [0.15, 0.2) is 0 Å². The SMILES string of the molecule is NC(=O)c1c(F)ccc2[nH]c(C3CCCCN3)nc12. The summed E-state index contributed by atoms with van der Waals surface area (Å²) >= 11 is 0. The molecule has 19 heavy (non-hydrogen) atoms. The zero-order valence-electron chi connectivity index (χ0n) is 10.4. The fourth-order valence-electron chi connectivity index (χ4n) is 2.55. The summed E-state index contributed by atoms with van der Waals surface area (Å²) in [4.78, 5) is 18.8. The van der Waals surface area contributed by atoms with E-state index in [1.54, 1.807) is 6.07 Å². The van der Waals surface area contributed by atoms with Crippen LogP contribution in [0.4, 0.5) is 4.39 Å². The Hall–Kier alpha value is -1.95. The number of fused-ring (bicyclic) bond motifs is 1. The summed E-state index contributed by atoms with van der Waals surface area (Å²) in [5.41, 5.74) is 6.03. The van der Waals surface area contributed by atoms with Gasteiger partial charge < -0.3 is 16.0 Å². The molecule has 1 amide bonds. The lowest BCUT2D eigenvalue weighted by molar-refractivity contribution is 0.0998. The van der Waals surface area contributed by atoms with Crippen LogP contribution in [0.5, 0.6) is 0 Å². The van der Waals surface area contributed by atoms with E-state index >= 15 is 0 Å². The number of aromatic amines is 1. The van der Waals surface area contributed by atoms with Crippen molar-refractivity contribution < 1.29 is 9.18 Å². The molecule has 0 spiro atoms. The van der Waals surface area contributed by atoms with E-state index < -0.39 is 11.7 Å². The number of hydrogen-bond acceptors (Lipinski definition) is 3. The van der Waals surface area contributed by atoms with Gasteiger partial charge in [0.05, 0.1) is 11.6 Å². The molecule has 0 saturated carbocycles. The third-order valence-corrected chi connectivity index (χ3v) is 3.51. The van der Waals surface area contributed by atoms with Gasteiger partial charge in [0.2, 0.25) is 0 Å². The highest BCUT2D eigenvalue weighted by Gasteiger charge is 2.21. The summed E-state index contributed by atoms with van der Waals surface area (Å²) in [7, 11) is 0. The highest BCUT2D eigenvalue weighted by Crippen LogP contribution is 2.25. The van der Waals surface area contributed by atoms with Crippen LogP contribution in [0.3, 0.4) is 0 Å². The monoisotopic (exact) mass is 262 g/mol. The van der Waals surface area contributed by atoms with Crippen LogP contribution >= 0.6 is 0 Å². The van der Waals surface area contributed by atoms with E-state index in [2.05, 4.69) is 15.3 Å². The van der Waals surface area contributed by atoms with Crippen molar-refractivity contribution in [2.45, 2.75) is 25.3 Å². The third kappa shape index (κ3) is 2.08. The van der Waals surface area contributed by atoms with Gasteiger partial charge in [-0.2, -0.15) is 0 Å². The number of nitrogens with one attached hydrogen (secondary N) is 2. The lowest BCUT2D eigenvalue weighted by Gasteiger charge is -2.21. The first kappa shape index (κ1) is 12.1. The fourth-order valence-corrected chi connectivity index (χ4v) is 2.55. The van der Waals surface area contributed by atoms with E-state index in [-0.39, 0.29) is 11.6 Å². The maximum Gasteiger partial charge on any atom is 0.253 e. The van der Waals surface area contributed by atoms with Crippen LogP contribution in [0, 0.1) is 5.82 Å². The number of piperidine rings is 1. The molecule has 4 N–H and O–H groups in total. The van der Waals surface area contributed by atoms with Crippen molar-refractivity contribution in [2.24, 2.45) is 5.73 Å². The Bertz CT molecular complexity index is 631. The van der Waals surface area contributed by atoms with Gasteiger partial charge in [-0.25, -0.2) is 9.37 Å². The molecular formula is C13H15FN4O. The lowest BCUT2D eigenvalue weighted by Crippen LogP contribution is -2.27. The quantitative estimate of drug-likeness (QED) is 0.769. The highest BCUT2D eigenvalue weighted by atomic mass is 19.1. The number of primary amides is 1. The first-order valence-electron chi connectivity index (χ1n) is 6.38. The van der Waals surface area contributed by atoms with Crippen LogP contribution in [-0.2, 0) is 0 Å². The van der Waals surface area contributed by atoms with E-state index in [4.69, 9.17) is 5.73 Å². The standard InChI is InChI=1S/C13H15FN4O/c14-7-4-5-8-11(10(7)12(15)19)18-13(17-8)9-3-1-2-6-16-9/h4-5,9,16H,1-3,6H2,(H2,15,19)(H,17,18). The van der Waals surface area contributed by atoms with Gasteiger partial charge in [-0.1, -0.05) is 6.42 Å². The smallest absolute Gasteiger partial charge is 0.253 e. The lowest BCUT2D eigenvalue weighted by atomic mass is 10.0. The van der Waals surface area contributed by atoms with Crippen LogP contribution in [-0.4, -0.2) is 22.4 Å². The Kier molecular flexibility index (Phi) is 2.94. The summed E-state index contributed by atoms with van der Waals surface area (Å²) in [5.74, 6) is -0.685. The Morgan fingerprint density at radius 2 is 2.26 bits per heavy atom. The van der Waals surface area contributed by atoms with Crippen molar-refractivity contribution >= 4 is 16.9 Å². The molecule has 1 atom stereocenters. The number of H-pyrrole nitrogens is 1. The topological polar surface area (TPSA) is 83.8 Å². The zero-order valence-corrected chi connectivity index (χ0v) is 10.4. The maximum absolute atomic E-state index is 13.7. The molecule has 0 bridgehead atoms. The number of imidazole rings is 1. The largest absolute Gasteiger partial charge is 0.365 e. The van der Waals surface area contributed by atoms with Crippen molar-refractivity contribution in [2.75, 3.05) is 6.54 Å². The minimum absolute atomic E-state index is 0.130. The number of carbonyl (C=O) groups excluding carboxylic acids is 1. The molecule has 100 valence electrons. The van der Waals surface area contributed by atoms with Crippen LogP contribution in [0.15, 0.2) is 12.1 Å². The van der Waals surface area contributed by atoms with E-state index in [0.29, 0.717) is 11.0 Å². The second-order valence-corrected chi connectivity index (χ2v) is 4.81. The van der Waals surface area contributed by atoms with Gasteiger partial charge in [0.25, 0.3) is 5.91 Å². The number of hydrogen-bond donors (Lipinski definition) is 3. The van der Waals surface area contributed by atoms with E-state index in [9.17, 15) is 9.18 Å². The number of carbonyl (C=O) groups is 1.